The normalized spacial score (nSPS) is 10.4. The molecule has 0 saturated heterocycles. The number of nitrogens with one attached hydrogen (secondary N) is 1. The molecular formula is C11H12ClN3S. The summed E-state index contributed by atoms with van der Waals surface area (Å²) in [6.07, 6.45) is 1.47. The van der Waals surface area contributed by atoms with Crippen LogP contribution in [0.1, 0.15) is 16.7 Å². The highest BCUT2D eigenvalue weighted by Crippen LogP contribution is 2.20. The molecule has 0 unspecified atom stereocenters. The lowest BCUT2D eigenvalue weighted by Gasteiger charge is -2.08. The van der Waals surface area contributed by atoms with Crippen molar-refractivity contribution in [2.45, 2.75) is 20.4 Å². The van der Waals surface area contributed by atoms with Crippen molar-refractivity contribution in [1.29, 1.82) is 0 Å². The Morgan fingerprint density at radius 1 is 1.31 bits per heavy atom. The highest BCUT2D eigenvalue weighted by Gasteiger charge is 2.05. The Bertz CT molecular complexity index is 496. The van der Waals surface area contributed by atoms with E-state index < -0.39 is 0 Å². The van der Waals surface area contributed by atoms with Crippen LogP contribution in [0.3, 0.4) is 0 Å². The summed E-state index contributed by atoms with van der Waals surface area (Å²) in [7, 11) is 0. The van der Waals surface area contributed by atoms with Crippen LogP contribution in [0.2, 0.25) is 5.15 Å². The van der Waals surface area contributed by atoms with Crippen molar-refractivity contribution in [2.75, 3.05) is 5.32 Å². The van der Waals surface area contributed by atoms with E-state index in [2.05, 4.69) is 33.0 Å². The molecule has 0 atom stereocenters. The lowest BCUT2D eigenvalue weighted by molar-refractivity contribution is 1.06. The van der Waals surface area contributed by atoms with Crippen LogP contribution in [0, 0.1) is 13.8 Å². The van der Waals surface area contributed by atoms with Gasteiger partial charge in [0.15, 0.2) is 0 Å². The van der Waals surface area contributed by atoms with Crippen LogP contribution in [0.15, 0.2) is 17.1 Å². The number of halogens is 1. The van der Waals surface area contributed by atoms with E-state index in [4.69, 9.17) is 11.6 Å². The van der Waals surface area contributed by atoms with Gasteiger partial charge in [0, 0.05) is 12.1 Å². The van der Waals surface area contributed by atoms with E-state index in [1.54, 1.807) is 11.3 Å². The van der Waals surface area contributed by atoms with Gasteiger partial charge in [-0.3, -0.25) is 0 Å². The standard InChI is InChI=1S/C11H12ClN3S/c1-7-4-16-5-9(7)3-13-11-8(2)10(12)14-6-15-11/h4-6H,3H2,1-2H3,(H,13,14,15). The Hall–Kier alpha value is -1.13. The van der Waals surface area contributed by atoms with E-state index in [0.29, 0.717) is 5.15 Å². The predicted molar refractivity (Wildman–Crippen MR) is 68.2 cm³/mol. The minimum absolute atomic E-state index is 0.500. The van der Waals surface area contributed by atoms with Crippen molar-refractivity contribution in [1.82, 2.24) is 9.97 Å². The Morgan fingerprint density at radius 3 is 2.81 bits per heavy atom. The Balaban J connectivity index is 2.11. The molecule has 16 heavy (non-hydrogen) atoms. The topological polar surface area (TPSA) is 37.8 Å². The highest BCUT2D eigenvalue weighted by molar-refractivity contribution is 7.08. The number of aryl methyl sites for hydroxylation is 1. The van der Waals surface area contributed by atoms with Crippen LogP contribution in [0.25, 0.3) is 0 Å². The Kier molecular flexibility index (Phi) is 3.41. The molecule has 84 valence electrons. The largest absolute Gasteiger partial charge is 0.366 e. The average molecular weight is 254 g/mol. The maximum atomic E-state index is 5.92. The minimum Gasteiger partial charge on any atom is -0.366 e. The van der Waals surface area contributed by atoms with Gasteiger partial charge in [-0.05, 0) is 35.7 Å². The van der Waals surface area contributed by atoms with Gasteiger partial charge in [-0.25, -0.2) is 9.97 Å². The second-order valence-corrected chi connectivity index (χ2v) is 4.67. The lowest BCUT2D eigenvalue weighted by atomic mass is 10.2. The van der Waals surface area contributed by atoms with Gasteiger partial charge >= 0.3 is 0 Å². The van der Waals surface area contributed by atoms with Crippen molar-refractivity contribution in [3.8, 4) is 0 Å². The zero-order valence-electron chi connectivity index (χ0n) is 9.12. The van der Waals surface area contributed by atoms with Crippen LogP contribution in [-0.2, 0) is 6.54 Å². The number of aromatic nitrogens is 2. The molecule has 0 aromatic carbocycles. The summed E-state index contributed by atoms with van der Waals surface area (Å²) in [6, 6.07) is 0. The summed E-state index contributed by atoms with van der Waals surface area (Å²) in [5.74, 6) is 0.797. The third kappa shape index (κ3) is 2.33. The summed E-state index contributed by atoms with van der Waals surface area (Å²) in [5.41, 5.74) is 3.48. The average Bonchev–Trinajstić information content (AvgIpc) is 2.67. The van der Waals surface area contributed by atoms with E-state index in [9.17, 15) is 0 Å². The first-order valence-corrected chi connectivity index (χ1v) is 6.23. The van der Waals surface area contributed by atoms with Crippen molar-refractivity contribution in [3.05, 3.63) is 38.9 Å². The van der Waals surface area contributed by atoms with Crippen molar-refractivity contribution >= 4 is 28.8 Å². The molecule has 0 aliphatic rings. The molecule has 2 heterocycles. The van der Waals surface area contributed by atoms with E-state index in [1.165, 1.54) is 17.5 Å². The van der Waals surface area contributed by atoms with E-state index in [0.717, 1.165) is 17.9 Å². The molecule has 1 N–H and O–H groups in total. The molecule has 5 heteroatoms. The molecule has 2 rings (SSSR count). The molecular weight excluding hydrogens is 242 g/mol. The Morgan fingerprint density at radius 2 is 2.12 bits per heavy atom. The minimum atomic E-state index is 0.500. The van der Waals surface area contributed by atoms with Crippen LogP contribution >= 0.6 is 22.9 Å². The van der Waals surface area contributed by atoms with Gasteiger partial charge < -0.3 is 5.32 Å². The fraction of sp³-hybridized carbons (Fsp3) is 0.273. The van der Waals surface area contributed by atoms with Crippen LogP contribution < -0.4 is 5.32 Å². The monoisotopic (exact) mass is 253 g/mol. The molecule has 0 aliphatic carbocycles. The number of nitrogens with zero attached hydrogens (tertiary/aromatic N) is 2. The molecule has 0 spiro atoms. The molecule has 3 nitrogen and oxygen atoms in total. The second-order valence-electron chi connectivity index (χ2n) is 3.57. The Labute approximate surface area is 104 Å². The number of hydrogen-bond acceptors (Lipinski definition) is 4. The van der Waals surface area contributed by atoms with Gasteiger partial charge in [-0.2, -0.15) is 11.3 Å². The van der Waals surface area contributed by atoms with E-state index in [-0.39, 0.29) is 0 Å². The molecule has 0 radical (unpaired) electrons. The van der Waals surface area contributed by atoms with E-state index >= 15 is 0 Å². The fourth-order valence-electron chi connectivity index (χ4n) is 1.35. The third-order valence-electron chi connectivity index (χ3n) is 2.43. The molecule has 2 aromatic heterocycles. The van der Waals surface area contributed by atoms with Gasteiger partial charge in [0.2, 0.25) is 0 Å². The summed E-state index contributed by atoms with van der Waals surface area (Å²) in [5, 5.41) is 8.04. The number of anilines is 1. The SMILES string of the molecule is Cc1cscc1CNc1ncnc(Cl)c1C. The first-order valence-electron chi connectivity index (χ1n) is 4.91. The van der Waals surface area contributed by atoms with Crippen molar-refractivity contribution in [3.63, 3.8) is 0 Å². The van der Waals surface area contributed by atoms with Gasteiger partial charge in [-0.1, -0.05) is 11.6 Å². The van der Waals surface area contributed by atoms with Crippen LogP contribution in [0.4, 0.5) is 5.82 Å². The summed E-state index contributed by atoms with van der Waals surface area (Å²) < 4.78 is 0. The quantitative estimate of drug-likeness (QED) is 0.852. The lowest BCUT2D eigenvalue weighted by Crippen LogP contribution is -2.04. The van der Waals surface area contributed by atoms with E-state index in [1.807, 2.05) is 6.92 Å². The molecule has 0 bridgehead atoms. The molecule has 0 saturated carbocycles. The summed E-state index contributed by atoms with van der Waals surface area (Å²) in [4.78, 5) is 8.08. The van der Waals surface area contributed by atoms with Gasteiger partial charge in [-0.15, -0.1) is 0 Å². The first kappa shape index (κ1) is 11.4. The smallest absolute Gasteiger partial charge is 0.137 e. The number of thiophene rings is 1. The maximum absolute atomic E-state index is 5.92. The zero-order valence-corrected chi connectivity index (χ0v) is 10.7. The fourth-order valence-corrected chi connectivity index (χ4v) is 2.34. The van der Waals surface area contributed by atoms with Crippen LogP contribution in [0.5, 0.6) is 0 Å². The number of hydrogen-bond donors (Lipinski definition) is 1. The summed E-state index contributed by atoms with van der Waals surface area (Å²) >= 11 is 7.63. The van der Waals surface area contributed by atoms with Gasteiger partial charge in [0.25, 0.3) is 0 Å². The highest BCUT2D eigenvalue weighted by atomic mass is 35.5. The second kappa shape index (κ2) is 4.80. The number of rotatable bonds is 3. The maximum Gasteiger partial charge on any atom is 0.137 e. The molecule has 0 amide bonds. The molecule has 2 aromatic rings. The third-order valence-corrected chi connectivity index (χ3v) is 3.72. The predicted octanol–water partition coefficient (Wildman–Crippen LogP) is 3.42. The van der Waals surface area contributed by atoms with Crippen molar-refractivity contribution in [2.24, 2.45) is 0 Å². The zero-order chi connectivity index (χ0) is 11.5. The van der Waals surface area contributed by atoms with Crippen molar-refractivity contribution < 1.29 is 0 Å². The summed E-state index contributed by atoms with van der Waals surface area (Å²) in [6.45, 7) is 4.78. The van der Waals surface area contributed by atoms with Gasteiger partial charge in [0.1, 0.15) is 17.3 Å². The van der Waals surface area contributed by atoms with Crippen LogP contribution in [-0.4, -0.2) is 9.97 Å². The molecule has 0 aliphatic heterocycles. The molecule has 0 fully saturated rings. The van der Waals surface area contributed by atoms with Gasteiger partial charge in [0.05, 0.1) is 0 Å². The first-order chi connectivity index (χ1) is 7.68.